The second-order valence-corrected chi connectivity index (χ2v) is 10.2. The van der Waals surface area contributed by atoms with Crippen LogP contribution in [0, 0.1) is 0 Å². The molecule has 1 aliphatic rings. The highest BCUT2D eigenvalue weighted by Gasteiger charge is 2.36. The first kappa shape index (κ1) is 26.4. The highest BCUT2D eigenvalue weighted by atomic mass is 35.5. The number of carbonyl (C=O) groups excluding carboxylic acids is 2. The van der Waals surface area contributed by atoms with E-state index in [1.807, 2.05) is 55.4 Å². The van der Waals surface area contributed by atoms with Crippen LogP contribution in [0.2, 0.25) is 5.02 Å². The number of anilines is 2. The van der Waals surface area contributed by atoms with Gasteiger partial charge < -0.3 is 19.5 Å². The summed E-state index contributed by atoms with van der Waals surface area (Å²) in [5.74, 6) is -1.40. The van der Waals surface area contributed by atoms with Crippen LogP contribution in [0.5, 0.6) is 0 Å². The molecule has 3 aromatic carbocycles. The lowest BCUT2D eigenvalue weighted by Gasteiger charge is -2.19. The number of amides is 2. The zero-order chi connectivity index (χ0) is 27.8. The van der Waals surface area contributed by atoms with Gasteiger partial charge in [-0.05, 0) is 68.2 Å². The Bertz CT molecular complexity index is 1670. The number of rotatable bonds is 7. The first-order chi connectivity index (χ1) is 18.6. The summed E-state index contributed by atoms with van der Waals surface area (Å²) < 4.78 is 6.83. The number of aryl methyl sites for hydroxylation is 1. The van der Waals surface area contributed by atoms with Gasteiger partial charge in [0.15, 0.2) is 5.58 Å². The van der Waals surface area contributed by atoms with E-state index in [-0.39, 0.29) is 11.8 Å². The minimum atomic E-state index is -0.708. The predicted molar refractivity (Wildman–Crippen MR) is 153 cm³/mol. The number of halogens is 1. The van der Waals surface area contributed by atoms with Crippen molar-refractivity contribution in [1.29, 1.82) is 0 Å². The lowest BCUT2D eigenvalue weighted by Crippen LogP contribution is -2.29. The topological polar surface area (TPSA) is 100 Å². The largest absolute Gasteiger partial charge is 0.419 e. The van der Waals surface area contributed by atoms with Gasteiger partial charge in [0.1, 0.15) is 5.92 Å². The molecule has 9 nitrogen and oxygen atoms in total. The van der Waals surface area contributed by atoms with Gasteiger partial charge in [0.05, 0.1) is 16.9 Å². The molecule has 0 spiro atoms. The molecule has 1 aromatic heterocycles. The summed E-state index contributed by atoms with van der Waals surface area (Å²) in [4.78, 5) is 46.4. The molecule has 2 heterocycles. The van der Waals surface area contributed by atoms with E-state index < -0.39 is 11.7 Å². The third-order valence-corrected chi connectivity index (χ3v) is 7.08. The van der Waals surface area contributed by atoms with Crippen molar-refractivity contribution in [2.75, 3.05) is 37.9 Å². The molecule has 0 saturated heterocycles. The number of nitrogens with zero attached hydrogens (tertiary/aromatic N) is 4. The van der Waals surface area contributed by atoms with Crippen LogP contribution in [-0.4, -0.2) is 54.7 Å². The first-order valence-corrected chi connectivity index (χ1v) is 12.8. The van der Waals surface area contributed by atoms with E-state index >= 15 is 0 Å². The molecule has 5 rings (SSSR count). The second kappa shape index (κ2) is 10.5. The van der Waals surface area contributed by atoms with Crippen LogP contribution in [0.4, 0.5) is 17.1 Å². The van der Waals surface area contributed by atoms with Crippen LogP contribution in [-0.2, 0) is 16.6 Å². The number of hydrogen-bond donors (Lipinski definition) is 1. The number of carbonyl (C=O) groups is 2. The number of fused-ring (bicyclic) bond motifs is 2. The number of aromatic nitrogens is 1. The van der Waals surface area contributed by atoms with Crippen molar-refractivity contribution in [2.45, 2.75) is 12.3 Å². The van der Waals surface area contributed by atoms with E-state index in [2.05, 4.69) is 5.32 Å². The number of nitrogens with one attached hydrogen (secondary N) is 1. The highest BCUT2D eigenvalue weighted by Crippen LogP contribution is 2.38. The normalized spacial score (nSPS) is 15.1. The quantitative estimate of drug-likeness (QED) is 0.343. The van der Waals surface area contributed by atoms with E-state index in [1.165, 1.54) is 4.57 Å². The Balaban J connectivity index is 1.56. The van der Waals surface area contributed by atoms with Crippen molar-refractivity contribution < 1.29 is 14.0 Å². The molecule has 4 aromatic rings. The lowest BCUT2D eigenvalue weighted by atomic mass is 9.90. The van der Waals surface area contributed by atoms with Gasteiger partial charge in [0, 0.05) is 49.0 Å². The monoisotopic (exact) mass is 545 g/mol. The number of aliphatic imine (C=N–C) groups is 1. The van der Waals surface area contributed by atoms with Crippen molar-refractivity contribution in [3.8, 4) is 0 Å². The maximum atomic E-state index is 13.2. The maximum Gasteiger partial charge on any atom is 0.419 e. The molecule has 0 radical (unpaired) electrons. The Morgan fingerprint density at radius 1 is 1.05 bits per heavy atom. The van der Waals surface area contributed by atoms with Gasteiger partial charge in [-0.25, -0.2) is 4.79 Å². The Hall–Kier alpha value is -4.21. The molecule has 1 unspecified atom stereocenters. The third kappa shape index (κ3) is 5.23. The molecule has 1 aliphatic heterocycles. The van der Waals surface area contributed by atoms with Crippen LogP contribution in [0.1, 0.15) is 23.5 Å². The van der Waals surface area contributed by atoms with Crippen LogP contribution >= 0.6 is 11.6 Å². The second-order valence-electron chi connectivity index (χ2n) is 9.78. The van der Waals surface area contributed by atoms with Gasteiger partial charge in [0.2, 0.25) is 11.8 Å². The molecule has 1 N–H and O–H groups in total. The average molecular weight is 546 g/mol. The van der Waals surface area contributed by atoms with Crippen LogP contribution in [0.3, 0.4) is 0 Å². The van der Waals surface area contributed by atoms with Crippen molar-refractivity contribution in [1.82, 2.24) is 9.47 Å². The number of oxazole rings is 1. The van der Waals surface area contributed by atoms with Crippen LogP contribution in [0.15, 0.2) is 74.9 Å². The minimum absolute atomic E-state index is 0.0104. The molecule has 0 saturated carbocycles. The molecule has 200 valence electrons. The molecule has 0 aliphatic carbocycles. The van der Waals surface area contributed by atoms with Gasteiger partial charge in [0.25, 0.3) is 0 Å². The van der Waals surface area contributed by atoms with E-state index in [0.717, 1.165) is 11.3 Å². The first-order valence-electron chi connectivity index (χ1n) is 12.4. The van der Waals surface area contributed by atoms with Crippen molar-refractivity contribution in [3.05, 3.63) is 87.4 Å². The molecule has 10 heteroatoms. The predicted octanol–water partition coefficient (Wildman–Crippen LogP) is 4.56. The van der Waals surface area contributed by atoms with Gasteiger partial charge >= 0.3 is 5.76 Å². The summed E-state index contributed by atoms with van der Waals surface area (Å²) in [6.07, 6.45) is 0.409. The highest BCUT2D eigenvalue weighted by molar-refractivity contribution is 6.31. The van der Waals surface area contributed by atoms with Gasteiger partial charge in [-0.2, -0.15) is 0 Å². The average Bonchev–Trinajstić information content (AvgIpc) is 3.39. The molecular weight excluding hydrogens is 518 g/mol. The van der Waals surface area contributed by atoms with Crippen molar-refractivity contribution >= 4 is 57.3 Å². The minimum Gasteiger partial charge on any atom is -0.408 e. The lowest BCUT2D eigenvalue weighted by molar-refractivity contribution is -0.118. The fourth-order valence-electron chi connectivity index (χ4n) is 4.62. The van der Waals surface area contributed by atoms with E-state index in [0.29, 0.717) is 51.7 Å². The Kier molecular flexibility index (Phi) is 7.12. The summed E-state index contributed by atoms with van der Waals surface area (Å²) in [6.45, 7) is 0.664. The fourth-order valence-corrected chi connectivity index (χ4v) is 4.79. The third-order valence-electron chi connectivity index (χ3n) is 6.84. The zero-order valence-corrected chi connectivity index (χ0v) is 22.8. The Morgan fingerprint density at radius 3 is 2.51 bits per heavy atom. The molecule has 39 heavy (non-hydrogen) atoms. The Morgan fingerprint density at radius 2 is 1.79 bits per heavy atom. The maximum absolute atomic E-state index is 13.2. The molecular formula is C29H28ClN5O4. The summed E-state index contributed by atoms with van der Waals surface area (Å²) in [6, 6.07) is 17.9. The van der Waals surface area contributed by atoms with Gasteiger partial charge in [-0.15, -0.1) is 0 Å². The van der Waals surface area contributed by atoms with Gasteiger partial charge in [-0.1, -0.05) is 23.7 Å². The van der Waals surface area contributed by atoms with E-state index in [4.69, 9.17) is 21.0 Å². The molecule has 2 amide bonds. The summed E-state index contributed by atoms with van der Waals surface area (Å²) >= 11 is 6.17. The molecule has 1 atom stereocenters. The Labute approximate surface area is 230 Å². The van der Waals surface area contributed by atoms with E-state index in [9.17, 15) is 14.4 Å². The van der Waals surface area contributed by atoms with Crippen molar-refractivity contribution in [3.63, 3.8) is 0 Å². The molecule has 0 fully saturated rings. The number of hydrogen-bond acceptors (Lipinski definition) is 6. The summed E-state index contributed by atoms with van der Waals surface area (Å²) in [5.41, 5.74) is 4.89. The van der Waals surface area contributed by atoms with Crippen LogP contribution in [0.25, 0.3) is 11.1 Å². The SMILES string of the molecule is CN(C)CCC(=O)N(C)c1ccc(N=C(c2ccc3c(c2)oc(=O)n3C)C2C(=O)Nc3cc(Cl)ccc32)cc1. The molecule has 0 bridgehead atoms. The summed E-state index contributed by atoms with van der Waals surface area (Å²) in [7, 11) is 7.24. The van der Waals surface area contributed by atoms with Gasteiger partial charge in [-0.3, -0.25) is 19.1 Å². The van der Waals surface area contributed by atoms with Crippen LogP contribution < -0.4 is 16.0 Å². The van der Waals surface area contributed by atoms with Crippen molar-refractivity contribution in [2.24, 2.45) is 12.0 Å². The standard InChI is InChI=1S/C29H28ClN5O4/c1-33(2)14-13-25(36)34(3)20-9-7-19(8-10-20)31-27(17-5-12-23-24(15-17)39-29(38)35(23)4)26-21-11-6-18(30)16-22(21)32-28(26)37/h5-12,15-16,26H,13-14H2,1-4H3,(H,32,37). The number of benzene rings is 3. The zero-order valence-electron chi connectivity index (χ0n) is 22.1. The van der Waals surface area contributed by atoms with E-state index in [1.54, 1.807) is 43.3 Å². The fraction of sp³-hybridized carbons (Fsp3) is 0.241. The smallest absolute Gasteiger partial charge is 0.408 e. The summed E-state index contributed by atoms with van der Waals surface area (Å²) in [5, 5.41) is 3.42.